The number of phosphoric acid groups is 1. The number of aliphatic hydroxyl groups is 1. The van der Waals surface area contributed by atoms with E-state index in [1.165, 1.54) is 225 Å². The summed E-state index contributed by atoms with van der Waals surface area (Å²) in [4.78, 5) is 23.4. The number of allylic oxidation sites excluding steroid dienone is 9. The van der Waals surface area contributed by atoms with Crippen LogP contribution in [-0.4, -0.2) is 73.4 Å². The third-order valence-corrected chi connectivity index (χ3v) is 15.7. The van der Waals surface area contributed by atoms with Crippen molar-refractivity contribution in [1.82, 2.24) is 5.32 Å². The molecule has 0 fully saturated rings. The highest BCUT2D eigenvalue weighted by molar-refractivity contribution is 7.47. The molecule has 0 spiro atoms. The van der Waals surface area contributed by atoms with Gasteiger partial charge < -0.3 is 19.8 Å². The van der Waals surface area contributed by atoms with Crippen molar-refractivity contribution in [3.63, 3.8) is 0 Å². The van der Waals surface area contributed by atoms with Crippen LogP contribution in [0.15, 0.2) is 60.8 Å². The van der Waals surface area contributed by atoms with E-state index >= 15 is 0 Å². The molecule has 8 nitrogen and oxygen atoms in total. The lowest BCUT2D eigenvalue weighted by Crippen LogP contribution is -2.45. The molecule has 0 aromatic carbocycles. The normalized spacial score (nSPS) is 14.1. The fourth-order valence-corrected chi connectivity index (χ4v) is 10.4. The summed E-state index contributed by atoms with van der Waals surface area (Å²) < 4.78 is 23.8. The summed E-state index contributed by atoms with van der Waals surface area (Å²) in [5, 5.41) is 14.0. The Balaban J connectivity index is 4.08. The number of aliphatic hydroxyl groups excluding tert-OH is 1. The first kappa shape index (κ1) is 74.2. The maximum atomic E-state index is 13.0. The van der Waals surface area contributed by atoms with Crippen molar-refractivity contribution < 1.29 is 32.9 Å². The van der Waals surface area contributed by atoms with Gasteiger partial charge in [0.2, 0.25) is 5.91 Å². The number of unbranched alkanes of at least 4 members (excludes halogenated alkanes) is 39. The van der Waals surface area contributed by atoms with E-state index < -0.39 is 20.0 Å². The van der Waals surface area contributed by atoms with Gasteiger partial charge in [-0.1, -0.05) is 306 Å². The van der Waals surface area contributed by atoms with Gasteiger partial charge >= 0.3 is 7.82 Å². The summed E-state index contributed by atoms with van der Waals surface area (Å²) in [6, 6.07) is -0.848. The van der Waals surface area contributed by atoms with E-state index in [4.69, 9.17) is 9.05 Å². The van der Waals surface area contributed by atoms with Gasteiger partial charge in [0, 0.05) is 6.42 Å². The van der Waals surface area contributed by atoms with Crippen molar-refractivity contribution in [3.05, 3.63) is 60.8 Å². The third-order valence-electron chi connectivity index (χ3n) is 14.7. The lowest BCUT2D eigenvalue weighted by atomic mass is 10.0. The first-order chi connectivity index (χ1) is 37.0. The molecule has 0 aromatic rings. The second-order valence-electron chi connectivity index (χ2n) is 23.5. The van der Waals surface area contributed by atoms with Crippen LogP contribution in [0.3, 0.4) is 0 Å². The van der Waals surface area contributed by atoms with Crippen LogP contribution in [0.5, 0.6) is 0 Å². The van der Waals surface area contributed by atoms with E-state index in [1.807, 2.05) is 27.2 Å². The number of carbonyl (C=O) groups excluding carboxylic acids is 1. The molecule has 76 heavy (non-hydrogen) atoms. The summed E-state index contributed by atoms with van der Waals surface area (Å²) in [6.07, 6.45) is 79.2. The van der Waals surface area contributed by atoms with E-state index in [0.29, 0.717) is 17.4 Å². The molecule has 0 aliphatic carbocycles. The Morgan fingerprint density at radius 3 is 1.16 bits per heavy atom. The fourth-order valence-electron chi connectivity index (χ4n) is 9.68. The zero-order chi connectivity index (χ0) is 55.6. The Morgan fingerprint density at radius 1 is 0.461 bits per heavy atom. The summed E-state index contributed by atoms with van der Waals surface area (Å²) in [5.41, 5.74) is 0. The van der Waals surface area contributed by atoms with Crippen molar-refractivity contribution >= 4 is 13.7 Å². The number of amides is 1. The summed E-state index contributed by atoms with van der Waals surface area (Å²) in [6.45, 7) is 4.75. The molecule has 0 aliphatic rings. The molecule has 0 radical (unpaired) electrons. The predicted octanol–water partition coefficient (Wildman–Crippen LogP) is 20.4. The van der Waals surface area contributed by atoms with Gasteiger partial charge in [-0.3, -0.25) is 13.8 Å². The number of nitrogens with zero attached hydrogens (tertiary/aromatic N) is 1. The molecule has 0 rings (SSSR count). The number of hydrogen-bond acceptors (Lipinski definition) is 5. The Hall–Kier alpha value is -1.80. The van der Waals surface area contributed by atoms with Crippen LogP contribution in [0.4, 0.5) is 0 Å². The van der Waals surface area contributed by atoms with Crippen molar-refractivity contribution in [2.45, 2.75) is 321 Å². The minimum Gasteiger partial charge on any atom is -0.387 e. The average Bonchev–Trinajstić information content (AvgIpc) is 3.38. The molecule has 3 atom stereocenters. The van der Waals surface area contributed by atoms with Crippen molar-refractivity contribution in [3.8, 4) is 0 Å². The molecule has 3 N–H and O–H groups in total. The molecule has 9 heteroatoms. The molecule has 1 amide bonds. The standard InChI is InChI=1S/C67H127N2O6P/c1-6-8-10-12-14-16-18-20-22-24-26-28-30-31-32-33-34-35-36-37-39-41-43-45-47-49-51-53-55-57-59-61-67(71)68-65(64-75-76(72,73)74-63-62-69(3,4)5)66(70)60-58-56-54-52-50-48-46-44-42-40-38-29-27-25-23-21-19-17-15-13-11-9-7-2/h8,10,14,16,20,22,26,28,58,60,65-66,70H,6-7,9,11-13,15,17-19,21,23-25,27,29-57,59,61-64H2,1-5H3,(H-,68,71,72,73)/p+1/b10-8-,16-14-,22-20-,28-26-,60-58+. The Kier molecular flexibility index (Phi) is 56.5. The van der Waals surface area contributed by atoms with Gasteiger partial charge in [-0.2, -0.15) is 0 Å². The number of nitrogens with one attached hydrogen (secondary N) is 1. The average molecular weight is 1090 g/mol. The Bertz CT molecular complexity index is 1420. The molecule has 0 bridgehead atoms. The SMILES string of the molecule is CC/C=C\C/C=C\C/C=C\C/C=C\CCCCCCCCCCCCCCCCCCCCC(=O)NC(COP(=O)(O)OCC[N+](C)(C)C)C(O)/C=C/CCCCCCCCCCCCCCCCCCCCCCC. The van der Waals surface area contributed by atoms with Crippen LogP contribution >= 0.6 is 7.82 Å². The van der Waals surface area contributed by atoms with Gasteiger partial charge in [0.1, 0.15) is 13.2 Å². The largest absolute Gasteiger partial charge is 0.472 e. The monoisotopic (exact) mass is 1090 g/mol. The first-order valence-electron chi connectivity index (χ1n) is 32.7. The molecular formula is C67H128N2O6P+. The Labute approximate surface area is 472 Å². The molecular weight excluding hydrogens is 960 g/mol. The zero-order valence-corrected chi connectivity index (χ0v) is 51.9. The predicted molar refractivity (Wildman–Crippen MR) is 332 cm³/mol. The molecule has 446 valence electrons. The molecule has 0 aromatic heterocycles. The molecule has 0 heterocycles. The zero-order valence-electron chi connectivity index (χ0n) is 51.0. The lowest BCUT2D eigenvalue weighted by Gasteiger charge is -2.25. The van der Waals surface area contributed by atoms with Gasteiger partial charge in [-0.05, 0) is 57.8 Å². The molecule has 3 unspecified atom stereocenters. The topological polar surface area (TPSA) is 105 Å². The summed E-state index contributed by atoms with van der Waals surface area (Å²) in [5.74, 6) is -0.173. The van der Waals surface area contributed by atoms with E-state index in [0.717, 1.165) is 64.2 Å². The highest BCUT2D eigenvalue weighted by atomic mass is 31.2. The van der Waals surface area contributed by atoms with Crippen LogP contribution < -0.4 is 5.32 Å². The second-order valence-corrected chi connectivity index (χ2v) is 24.9. The maximum Gasteiger partial charge on any atom is 0.472 e. The fraction of sp³-hybridized carbons (Fsp3) is 0.836. The van der Waals surface area contributed by atoms with Crippen molar-refractivity contribution in [2.24, 2.45) is 0 Å². The lowest BCUT2D eigenvalue weighted by molar-refractivity contribution is -0.870. The van der Waals surface area contributed by atoms with Crippen LogP contribution in [0.25, 0.3) is 0 Å². The Morgan fingerprint density at radius 2 is 0.789 bits per heavy atom. The number of carbonyl (C=O) groups is 1. The number of hydrogen-bond donors (Lipinski definition) is 3. The quantitative estimate of drug-likeness (QED) is 0.0243. The van der Waals surface area contributed by atoms with E-state index in [1.54, 1.807) is 6.08 Å². The van der Waals surface area contributed by atoms with E-state index in [9.17, 15) is 19.4 Å². The molecule has 0 aliphatic heterocycles. The van der Waals surface area contributed by atoms with Gasteiger partial charge in [0.15, 0.2) is 0 Å². The van der Waals surface area contributed by atoms with Gasteiger partial charge in [-0.25, -0.2) is 4.57 Å². The highest BCUT2D eigenvalue weighted by Crippen LogP contribution is 2.43. The second kappa shape index (κ2) is 57.9. The van der Waals surface area contributed by atoms with Crippen molar-refractivity contribution in [1.29, 1.82) is 0 Å². The van der Waals surface area contributed by atoms with Crippen molar-refractivity contribution in [2.75, 3.05) is 40.9 Å². The molecule has 0 saturated heterocycles. The minimum absolute atomic E-state index is 0.0619. The highest BCUT2D eigenvalue weighted by Gasteiger charge is 2.28. The summed E-state index contributed by atoms with van der Waals surface area (Å²) in [7, 11) is 1.58. The minimum atomic E-state index is -4.35. The van der Waals surface area contributed by atoms with Crippen LogP contribution in [-0.2, 0) is 18.4 Å². The van der Waals surface area contributed by atoms with E-state index in [2.05, 4.69) is 67.8 Å². The number of phosphoric ester groups is 1. The number of likely N-dealkylation sites (N-methyl/N-ethyl adjacent to an activating group) is 1. The van der Waals surface area contributed by atoms with Gasteiger partial charge in [0.25, 0.3) is 0 Å². The third kappa shape index (κ3) is 59.9. The van der Waals surface area contributed by atoms with Crippen LogP contribution in [0.1, 0.15) is 309 Å². The number of rotatable bonds is 60. The summed E-state index contributed by atoms with van der Waals surface area (Å²) >= 11 is 0. The van der Waals surface area contributed by atoms with E-state index in [-0.39, 0.29) is 19.1 Å². The number of quaternary nitrogens is 1. The van der Waals surface area contributed by atoms with Crippen LogP contribution in [0, 0.1) is 0 Å². The smallest absolute Gasteiger partial charge is 0.387 e. The first-order valence-corrected chi connectivity index (χ1v) is 34.2. The molecule has 0 saturated carbocycles. The van der Waals surface area contributed by atoms with Gasteiger partial charge in [0.05, 0.1) is 39.9 Å². The van der Waals surface area contributed by atoms with Crippen LogP contribution in [0.2, 0.25) is 0 Å². The maximum absolute atomic E-state index is 13.0. The van der Waals surface area contributed by atoms with Gasteiger partial charge in [-0.15, -0.1) is 0 Å².